The van der Waals surface area contributed by atoms with E-state index in [2.05, 4.69) is 31.2 Å². The van der Waals surface area contributed by atoms with Crippen molar-refractivity contribution in [1.82, 2.24) is 19.9 Å². The predicted molar refractivity (Wildman–Crippen MR) is 57.4 cm³/mol. The molecule has 5 nitrogen and oxygen atoms in total. The summed E-state index contributed by atoms with van der Waals surface area (Å²) in [5.74, 6) is 1.57. The summed E-state index contributed by atoms with van der Waals surface area (Å²) in [5.41, 5.74) is 0. The van der Waals surface area contributed by atoms with Crippen LogP contribution in [0, 0.1) is 0 Å². The van der Waals surface area contributed by atoms with Crippen molar-refractivity contribution in [3.8, 4) is 0 Å². The highest BCUT2D eigenvalue weighted by Crippen LogP contribution is 2.12. The summed E-state index contributed by atoms with van der Waals surface area (Å²) in [6.07, 6.45) is 3.59. The van der Waals surface area contributed by atoms with Crippen LogP contribution in [0.4, 0.5) is 0 Å². The molecule has 0 radical (unpaired) electrons. The molecule has 0 fully saturated rings. The first kappa shape index (κ1) is 10.4. The number of hydrogen-bond acceptors (Lipinski definition) is 4. The maximum Gasteiger partial charge on any atom is 0.229 e. The van der Waals surface area contributed by atoms with E-state index in [4.69, 9.17) is 4.52 Å². The minimum Gasteiger partial charge on any atom is -0.339 e. The molecule has 0 saturated heterocycles. The lowest BCUT2D eigenvalue weighted by Gasteiger charge is -1.94. The highest BCUT2D eigenvalue weighted by Gasteiger charge is 2.10. The summed E-state index contributed by atoms with van der Waals surface area (Å²) in [6, 6.07) is 0. The van der Waals surface area contributed by atoms with Gasteiger partial charge in [0.2, 0.25) is 5.89 Å². The summed E-state index contributed by atoms with van der Waals surface area (Å²) in [4.78, 5) is 4.26. The quantitative estimate of drug-likeness (QED) is 0.858. The first-order valence-corrected chi connectivity index (χ1v) is 5.45. The van der Waals surface area contributed by atoms with Crippen LogP contribution in [-0.4, -0.2) is 19.9 Å². The number of rotatable bonds is 3. The van der Waals surface area contributed by atoms with Gasteiger partial charge in [0.05, 0.1) is 10.7 Å². The van der Waals surface area contributed by atoms with Gasteiger partial charge in [0.25, 0.3) is 0 Å². The van der Waals surface area contributed by atoms with E-state index in [-0.39, 0.29) is 5.92 Å². The van der Waals surface area contributed by atoms with E-state index in [0.717, 1.165) is 4.47 Å². The van der Waals surface area contributed by atoms with Gasteiger partial charge in [-0.15, -0.1) is 0 Å². The molecule has 2 rings (SSSR count). The number of halogens is 1. The monoisotopic (exact) mass is 270 g/mol. The largest absolute Gasteiger partial charge is 0.339 e. The molecule has 6 heteroatoms. The Morgan fingerprint density at radius 3 is 2.87 bits per heavy atom. The molecule has 0 aromatic carbocycles. The van der Waals surface area contributed by atoms with Crippen LogP contribution in [-0.2, 0) is 6.54 Å². The van der Waals surface area contributed by atoms with Gasteiger partial charge in [-0.2, -0.15) is 10.1 Å². The highest BCUT2D eigenvalue weighted by atomic mass is 79.9. The molecule has 2 heterocycles. The molecule has 0 saturated carbocycles. The second kappa shape index (κ2) is 4.14. The number of nitrogens with zero attached hydrogens (tertiary/aromatic N) is 4. The summed E-state index contributed by atoms with van der Waals surface area (Å²) in [7, 11) is 0. The Hall–Kier alpha value is -1.17. The van der Waals surface area contributed by atoms with Crippen LogP contribution >= 0.6 is 15.9 Å². The van der Waals surface area contributed by atoms with E-state index < -0.39 is 0 Å². The van der Waals surface area contributed by atoms with Crippen molar-refractivity contribution in [2.75, 3.05) is 0 Å². The van der Waals surface area contributed by atoms with Crippen molar-refractivity contribution in [2.45, 2.75) is 26.3 Å². The van der Waals surface area contributed by atoms with Gasteiger partial charge in [0.1, 0.15) is 6.54 Å². The van der Waals surface area contributed by atoms with Gasteiger partial charge in [-0.1, -0.05) is 19.0 Å². The van der Waals surface area contributed by atoms with Crippen LogP contribution in [0.3, 0.4) is 0 Å². The van der Waals surface area contributed by atoms with Gasteiger partial charge in [0.15, 0.2) is 5.82 Å². The fraction of sp³-hybridized carbons (Fsp3) is 0.444. The zero-order valence-electron chi connectivity index (χ0n) is 8.51. The Bertz CT molecular complexity index is 448. The summed E-state index contributed by atoms with van der Waals surface area (Å²) in [5, 5.41) is 7.99. The molecular weight excluding hydrogens is 260 g/mol. The van der Waals surface area contributed by atoms with E-state index in [1.165, 1.54) is 0 Å². The zero-order valence-corrected chi connectivity index (χ0v) is 10.1. The molecule has 0 aliphatic heterocycles. The van der Waals surface area contributed by atoms with Gasteiger partial charge in [0, 0.05) is 12.1 Å². The third kappa shape index (κ3) is 2.44. The lowest BCUT2D eigenvalue weighted by atomic mass is 10.2. The summed E-state index contributed by atoms with van der Waals surface area (Å²) < 4.78 is 7.78. The second-order valence-electron chi connectivity index (χ2n) is 3.56. The third-order valence-corrected chi connectivity index (χ3v) is 2.29. The van der Waals surface area contributed by atoms with Crippen molar-refractivity contribution < 1.29 is 4.52 Å². The van der Waals surface area contributed by atoms with Crippen molar-refractivity contribution in [1.29, 1.82) is 0 Å². The normalized spacial score (nSPS) is 11.2. The minimum atomic E-state index is 0.260. The molecule has 0 bridgehead atoms. The average molecular weight is 271 g/mol. The van der Waals surface area contributed by atoms with Crippen LogP contribution in [0.2, 0.25) is 0 Å². The second-order valence-corrected chi connectivity index (χ2v) is 4.48. The van der Waals surface area contributed by atoms with E-state index in [0.29, 0.717) is 18.3 Å². The maximum atomic E-state index is 5.09. The molecule has 0 aliphatic rings. The lowest BCUT2D eigenvalue weighted by molar-refractivity contribution is 0.359. The maximum absolute atomic E-state index is 5.09. The van der Waals surface area contributed by atoms with Crippen molar-refractivity contribution in [3.63, 3.8) is 0 Å². The molecule has 2 aromatic rings. The molecule has 15 heavy (non-hydrogen) atoms. The molecule has 80 valence electrons. The Morgan fingerprint density at radius 2 is 2.33 bits per heavy atom. The number of hydrogen-bond donors (Lipinski definition) is 0. The fourth-order valence-electron chi connectivity index (χ4n) is 1.14. The fourth-order valence-corrected chi connectivity index (χ4v) is 1.46. The van der Waals surface area contributed by atoms with Crippen LogP contribution in [0.25, 0.3) is 0 Å². The highest BCUT2D eigenvalue weighted by molar-refractivity contribution is 9.10. The van der Waals surface area contributed by atoms with Gasteiger partial charge < -0.3 is 4.52 Å². The lowest BCUT2D eigenvalue weighted by Crippen LogP contribution is -2.01. The smallest absolute Gasteiger partial charge is 0.229 e. The van der Waals surface area contributed by atoms with Crippen molar-refractivity contribution in [3.05, 3.63) is 28.6 Å². The van der Waals surface area contributed by atoms with Crippen molar-refractivity contribution >= 4 is 15.9 Å². The molecule has 0 spiro atoms. The first-order valence-electron chi connectivity index (χ1n) is 4.65. The van der Waals surface area contributed by atoms with Gasteiger partial charge in [-0.3, -0.25) is 4.68 Å². The van der Waals surface area contributed by atoms with E-state index in [1.807, 2.05) is 20.0 Å². The molecule has 0 N–H and O–H groups in total. The standard InChI is InChI=1S/C9H11BrN4O/c1-6(2)9-12-8(13-15-9)5-14-4-7(10)3-11-14/h3-4,6H,5H2,1-2H3. The van der Waals surface area contributed by atoms with Gasteiger partial charge >= 0.3 is 0 Å². The van der Waals surface area contributed by atoms with Crippen molar-refractivity contribution in [2.24, 2.45) is 0 Å². The first-order chi connectivity index (χ1) is 7.15. The minimum absolute atomic E-state index is 0.260. The molecule has 0 unspecified atom stereocenters. The van der Waals surface area contributed by atoms with Crippen LogP contribution < -0.4 is 0 Å². The molecule has 0 atom stereocenters. The summed E-state index contributed by atoms with van der Waals surface area (Å²) in [6.45, 7) is 4.56. The Kier molecular flexibility index (Phi) is 2.86. The Morgan fingerprint density at radius 1 is 1.53 bits per heavy atom. The molecule has 0 amide bonds. The topological polar surface area (TPSA) is 56.7 Å². The molecule has 2 aromatic heterocycles. The van der Waals surface area contributed by atoms with Crippen LogP contribution in [0.5, 0.6) is 0 Å². The number of aromatic nitrogens is 4. The molecular formula is C9H11BrN4O. The summed E-state index contributed by atoms with van der Waals surface area (Å²) >= 11 is 3.33. The van der Waals surface area contributed by atoms with Crippen LogP contribution in [0.1, 0.15) is 31.5 Å². The third-order valence-electron chi connectivity index (χ3n) is 1.88. The van der Waals surface area contributed by atoms with E-state index in [1.54, 1.807) is 10.9 Å². The predicted octanol–water partition coefficient (Wildman–Crippen LogP) is 2.20. The molecule has 0 aliphatic carbocycles. The Balaban J connectivity index is 2.11. The SMILES string of the molecule is CC(C)c1nc(Cn2cc(Br)cn2)no1. The van der Waals surface area contributed by atoms with Crippen LogP contribution in [0.15, 0.2) is 21.4 Å². The Labute approximate surface area is 95.6 Å². The van der Waals surface area contributed by atoms with E-state index >= 15 is 0 Å². The van der Waals surface area contributed by atoms with Gasteiger partial charge in [-0.05, 0) is 15.9 Å². The van der Waals surface area contributed by atoms with E-state index in [9.17, 15) is 0 Å². The van der Waals surface area contributed by atoms with Gasteiger partial charge in [-0.25, -0.2) is 0 Å². The zero-order chi connectivity index (χ0) is 10.8. The average Bonchev–Trinajstić information content (AvgIpc) is 2.76.